The number of nitrogens with two attached hydrogens (primary N) is 1. The van der Waals surface area contributed by atoms with Crippen molar-refractivity contribution in [3.05, 3.63) is 46.8 Å². The first kappa shape index (κ1) is 26.5. The second-order valence-electron chi connectivity index (χ2n) is 10.5. The Balaban J connectivity index is 0.000000156. The summed E-state index contributed by atoms with van der Waals surface area (Å²) >= 11 is 0. The molecule has 12 nitrogen and oxygen atoms in total. The topological polar surface area (TPSA) is 126 Å². The normalized spacial score (nSPS) is 25.2. The maximum atomic E-state index is 10.6. The van der Waals surface area contributed by atoms with Crippen molar-refractivity contribution in [3.63, 3.8) is 0 Å². The van der Waals surface area contributed by atoms with Crippen LogP contribution in [-0.2, 0) is 9.47 Å². The van der Waals surface area contributed by atoms with Gasteiger partial charge >= 0.3 is 5.82 Å². The average molecular weight is 527 g/mol. The zero-order valence-electron chi connectivity index (χ0n) is 22.2. The van der Waals surface area contributed by atoms with E-state index in [1.165, 1.54) is 11.8 Å². The maximum absolute atomic E-state index is 10.6. The van der Waals surface area contributed by atoms with Gasteiger partial charge in [0.1, 0.15) is 5.82 Å². The zero-order valence-corrected chi connectivity index (χ0v) is 22.2. The lowest BCUT2D eigenvalue weighted by Crippen LogP contribution is -2.59. The smallest absolute Gasteiger partial charge is 0.363 e. The minimum Gasteiger partial charge on any atom is -0.384 e. The van der Waals surface area contributed by atoms with E-state index in [1.807, 2.05) is 12.3 Å². The second kappa shape index (κ2) is 11.8. The average Bonchev–Trinajstić information content (AvgIpc) is 2.83. The van der Waals surface area contributed by atoms with Crippen molar-refractivity contribution in [2.24, 2.45) is 0 Å². The van der Waals surface area contributed by atoms with Crippen molar-refractivity contribution in [2.45, 2.75) is 38.0 Å². The number of pyridine rings is 2. The van der Waals surface area contributed by atoms with Crippen LogP contribution >= 0.6 is 0 Å². The van der Waals surface area contributed by atoms with Crippen LogP contribution in [-0.4, -0.2) is 115 Å². The molecular weight excluding hydrogens is 488 g/mol. The van der Waals surface area contributed by atoms with Gasteiger partial charge in [-0.1, -0.05) is 0 Å². The molecule has 6 rings (SSSR count). The van der Waals surface area contributed by atoms with Crippen LogP contribution < -0.4 is 15.5 Å². The highest BCUT2D eigenvalue weighted by Gasteiger charge is 2.33. The van der Waals surface area contributed by atoms with Gasteiger partial charge in [-0.15, -0.1) is 0 Å². The lowest BCUT2D eigenvalue weighted by molar-refractivity contribution is -0.389. The van der Waals surface area contributed by atoms with E-state index in [4.69, 9.17) is 15.2 Å². The molecule has 6 heterocycles. The van der Waals surface area contributed by atoms with Crippen LogP contribution in [0, 0.1) is 10.1 Å². The fourth-order valence-electron chi connectivity index (χ4n) is 5.49. The predicted octanol–water partition coefficient (Wildman–Crippen LogP) is 1.47. The van der Waals surface area contributed by atoms with Gasteiger partial charge in [0.15, 0.2) is 6.20 Å². The molecule has 2 aromatic rings. The molecule has 0 unspecified atom stereocenters. The number of nitrogen functional groups attached to an aromatic ring is 1. The SMILES string of the molecule is C[C@H]1CN(C2COC2)CCN1c1ccc(N)nc1.C[C@H]1CN(C2COC2)CCN1c1ccc([N+](=O)[O-])nc1. The number of nitrogens with zero attached hydrogens (tertiary/aromatic N) is 7. The van der Waals surface area contributed by atoms with Gasteiger partial charge in [-0.3, -0.25) is 9.80 Å². The van der Waals surface area contributed by atoms with E-state index in [9.17, 15) is 10.1 Å². The predicted molar refractivity (Wildman–Crippen MR) is 146 cm³/mol. The summed E-state index contributed by atoms with van der Waals surface area (Å²) in [6.45, 7) is 14.1. The van der Waals surface area contributed by atoms with E-state index in [0.29, 0.717) is 30.0 Å². The molecular formula is C26H38N8O4. The summed E-state index contributed by atoms with van der Waals surface area (Å²) in [4.78, 5) is 27.9. The molecule has 0 aromatic carbocycles. The number of anilines is 3. The van der Waals surface area contributed by atoms with Crippen molar-refractivity contribution in [1.29, 1.82) is 0 Å². The summed E-state index contributed by atoms with van der Waals surface area (Å²) in [5.41, 5.74) is 7.75. The number of piperazine rings is 2. The molecule has 0 aliphatic carbocycles. The molecule has 2 N–H and O–H groups in total. The van der Waals surface area contributed by atoms with E-state index in [0.717, 1.165) is 71.4 Å². The van der Waals surface area contributed by atoms with Crippen molar-refractivity contribution < 1.29 is 14.4 Å². The molecule has 12 heteroatoms. The minimum absolute atomic E-state index is 0.105. The Morgan fingerprint density at radius 1 is 0.816 bits per heavy atom. The number of aromatic nitrogens is 2. The highest BCUT2D eigenvalue weighted by atomic mass is 16.6. The van der Waals surface area contributed by atoms with Gasteiger partial charge in [0.25, 0.3) is 0 Å². The van der Waals surface area contributed by atoms with E-state index in [2.05, 4.69) is 49.5 Å². The molecule has 2 aromatic heterocycles. The number of hydrogen-bond acceptors (Lipinski definition) is 11. The number of nitro groups is 1. The van der Waals surface area contributed by atoms with E-state index < -0.39 is 4.92 Å². The quantitative estimate of drug-likeness (QED) is 0.450. The first-order valence-corrected chi connectivity index (χ1v) is 13.4. The van der Waals surface area contributed by atoms with Crippen LogP contribution in [0.3, 0.4) is 0 Å². The summed E-state index contributed by atoms with van der Waals surface area (Å²) in [6.07, 6.45) is 3.46. The van der Waals surface area contributed by atoms with E-state index in [-0.39, 0.29) is 5.82 Å². The molecule has 0 radical (unpaired) electrons. The van der Waals surface area contributed by atoms with E-state index >= 15 is 0 Å². The van der Waals surface area contributed by atoms with Crippen molar-refractivity contribution in [1.82, 2.24) is 19.8 Å². The fourth-order valence-corrected chi connectivity index (χ4v) is 5.49. The maximum Gasteiger partial charge on any atom is 0.363 e. The number of ether oxygens (including phenoxy) is 2. The Morgan fingerprint density at radius 3 is 1.66 bits per heavy atom. The van der Waals surface area contributed by atoms with Crippen LogP contribution in [0.1, 0.15) is 13.8 Å². The Hall–Kier alpha value is -3.06. The summed E-state index contributed by atoms with van der Waals surface area (Å²) in [5, 5.41) is 10.6. The molecule has 0 bridgehead atoms. The molecule has 4 saturated heterocycles. The van der Waals surface area contributed by atoms with Crippen LogP contribution in [0.5, 0.6) is 0 Å². The largest absolute Gasteiger partial charge is 0.384 e. The zero-order chi connectivity index (χ0) is 26.6. The number of rotatable bonds is 5. The lowest BCUT2D eigenvalue weighted by atomic mass is 10.1. The third kappa shape index (κ3) is 5.98. The van der Waals surface area contributed by atoms with Gasteiger partial charge < -0.3 is 35.1 Å². The Kier molecular flexibility index (Phi) is 8.22. The minimum atomic E-state index is -0.470. The van der Waals surface area contributed by atoms with Gasteiger partial charge in [0.05, 0.1) is 56.1 Å². The molecule has 38 heavy (non-hydrogen) atoms. The Bertz CT molecular complexity index is 1060. The van der Waals surface area contributed by atoms with Crippen molar-refractivity contribution >= 4 is 23.0 Å². The summed E-state index contributed by atoms with van der Waals surface area (Å²) in [6, 6.07) is 9.25. The molecule has 0 spiro atoms. The molecule has 0 amide bonds. The van der Waals surface area contributed by atoms with Crippen LogP contribution in [0.2, 0.25) is 0 Å². The lowest BCUT2D eigenvalue weighted by Gasteiger charge is -2.46. The fraction of sp³-hybridized carbons (Fsp3) is 0.615. The summed E-state index contributed by atoms with van der Waals surface area (Å²) < 4.78 is 10.5. The van der Waals surface area contributed by atoms with Crippen LogP contribution in [0.25, 0.3) is 0 Å². The Labute approximate surface area is 223 Å². The first-order chi connectivity index (χ1) is 18.4. The number of hydrogen-bond donors (Lipinski definition) is 1. The van der Waals surface area contributed by atoms with Crippen molar-refractivity contribution in [3.8, 4) is 0 Å². The highest BCUT2D eigenvalue weighted by molar-refractivity contribution is 5.49. The second-order valence-corrected chi connectivity index (χ2v) is 10.5. The standard InChI is InChI=1S/C13H18N4O3.C13H20N4O/c1-10-7-15(12-8-20-9-12)4-5-16(10)11-2-3-13(14-6-11)17(18)19;1-10-7-16(12-8-18-9-12)4-5-17(10)11-2-3-13(14)15-6-11/h2-3,6,10,12H,4-5,7-9H2,1H3;2-3,6,10,12H,4-5,7-9H2,1H3,(H2,14,15)/t2*10-/m00/s1. The van der Waals surface area contributed by atoms with Crippen molar-refractivity contribution in [2.75, 3.05) is 81.2 Å². The molecule has 2 atom stereocenters. The monoisotopic (exact) mass is 526 g/mol. The first-order valence-electron chi connectivity index (χ1n) is 13.4. The van der Waals surface area contributed by atoms with E-state index in [1.54, 1.807) is 12.3 Å². The highest BCUT2D eigenvalue weighted by Crippen LogP contribution is 2.24. The van der Waals surface area contributed by atoms with Gasteiger partial charge in [-0.2, -0.15) is 0 Å². The van der Waals surface area contributed by atoms with Crippen LogP contribution in [0.4, 0.5) is 23.0 Å². The third-order valence-electron chi connectivity index (χ3n) is 7.94. The van der Waals surface area contributed by atoms with Gasteiger partial charge in [0.2, 0.25) is 0 Å². The Morgan fingerprint density at radius 2 is 1.32 bits per heavy atom. The molecule has 4 aliphatic rings. The van der Waals surface area contributed by atoms with Gasteiger partial charge in [0, 0.05) is 57.4 Å². The van der Waals surface area contributed by atoms with Gasteiger partial charge in [-0.25, -0.2) is 4.98 Å². The molecule has 0 saturated carbocycles. The van der Waals surface area contributed by atoms with Crippen LogP contribution in [0.15, 0.2) is 36.7 Å². The molecule has 4 aliphatic heterocycles. The van der Waals surface area contributed by atoms with Gasteiger partial charge in [-0.05, 0) is 42.0 Å². The molecule has 206 valence electrons. The summed E-state index contributed by atoms with van der Waals surface area (Å²) in [7, 11) is 0. The molecule has 4 fully saturated rings. The third-order valence-corrected chi connectivity index (χ3v) is 7.94. The summed E-state index contributed by atoms with van der Waals surface area (Å²) in [5.74, 6) is 0.475.